The molecule has 5 aliphatic rings. The Morgan fingerprint density at radius 2 is 2.09 bits per heavy atom. The van der Waals surface area contributed by atoms with Crippen LogP contribution in [0.3, 0.4) is 0 Å². The van der Waals surface area contributed by atoms with E-state index >= 15 is 0 Å². The van der Waals surface area contributed by atoms with Crippen LogP contribution in [0.1, 0.15) is 33.1 Å². The molecule has 6 rings (SSSR count). The highest BCUT2D eigenvalue weighted by molar-refractivity contribution is 8.00. The summed E-state index contributed by atoms with van der Waals surface area (Å²) >= 11 is 1.56. The van der Waals surface area contributed by atoms with Crippen LogP contribution in [0, 0.1) is 23.2 Å². The van der Waals surface area contributed by atoms with Gasteiger partial charge >= 0.3 is 5.97 Å². The Balaban J connectivity index is 1.06. The minimum Gasteiger partial charge on any atom is -0.480 e. The molecule has 4 unspecified atom stereocenters. The lowest BCUT2D eigenvalue weighted by Crippen LogP contribution is -2.68. The second-order valence-corrected chi connectivity index (χ2v) is 13.9. The van der Waals surface area contributed by atoms with E-state index in [4.69, 9.17) is 11.1 Å². The number of carbonyl (C=O) groups is 4. The van der Waals surface area contributed by atoms with Crippen molar-refractivity contribution in [1.29, 1.82) is 5.41 Å². The molecular weight excluding hydrogens is 578 g/mol. The zero-order chi connectivity index (χ0) is 30.6. The van der Waals surface area contributed by atoms with E-state index in [1.54, 1.807) is 18.7 Å². The average molecular weight is 618 g/mol. The van der Waals surface area contributed by atoms with Gasteiger partial charge in [-0.15, -0.1) is 5.10 Å². The number of aromatic nitrogens is 4. The Morgan fingerprint density at radius 3 is 2.79 bits per heavy atom. The summed E-state index contributed by atoms with van der Waals surface area (Å²) in [5, 5.41) is 34.6. The van der Waals surface area contributed by atoms with Crippen LogP contribution in [0.25, 0.3) is 0 Å². The molecule has 17 heteroatoms. The number of hydrogen-bond donors (Lipinski definition) is 5. The van der Waals surface area contributed by atoms with Gasteiger partial charge in [0.25, 0.3) is 0 Å². The molecule has 0 aliphatic carbocycles. The van der Waals surface area contributed by atoms with Crippen molar-refractivity contribution in [3.8, 4) is 0 Å². The maximum absolute atomic E-state index is 13.6. The van der Waals surface area contributed by atoms with Gasteiger partial charge in [0.2, 0.25) is 17.7 Å². The smallest absolute Gasteiger partial charge is 0.327 e. The molecule has 0 saturated carbocycles. The molecule has 6 N–H and O–H groups in total. The lowest BCUT2D eigenvalue weighted by Gasteiger charge is -2.48. The molecule has 16 nitrogen and oxygen atoms in total. The lowest BCUT2D eigenvalue weighted by molar-refractivity contribution is -0.166. The second kappa shape index (κ2) is 11.6. The fourth-order valence-electron chi connectivity index (χ4n) is 7.95. The van der Waals surface area contributed by atoms with Crippen molar-refractivity contribution in [1.82, 2.24) is 45.5 Å². The van der Waals surface area contributed by atoms with Crippen LogP contribution < -0.4 is 16.4 Å². The molecule has 0 aromatic carbocycles. The number of aliphatic carboxylic acids is 1. The van der Waals surface area contributed by atoms with Crippen LogP contribution in [0.15, 0.2) is 6.33 Å². The first-order valence-electron chi connectivity index (χ1n) is 14.9. The first-order valence-corrected chi connectivity index (χ1v) is 15.8. The summed E-state index contributed by atoms with van der Waals surface area (Å²) in [5.41, 5.74) is 5.69. The standard InChI is InChI=1S/C26H39N11O5S/c1-12-20-19(13(2)31-18(38)10-35-11-30-32-33-35)24(40)37(20)21(25(41)42)22(12)43-15-7-16(29-8-15)23(39)36-6-3-14-9-34(26(27)28)5-4-17(14)36/h11-17,19-22,29H,3-10H2,1-2H3,(H3,27,28)(H,31,38)(H,41,42)/t12-,13+,14?,15+,16?,17?,19-,20-,21+,22?/m1/s1. The van der Waals surface area contributed by atoms with Crippen LogP contribution in [0.5, 0.6) is 0 Å². The SMILES string of the molecule is C[C@H](NC(=O)Cn1cnnn1)[C@H]1C(=O)N2[C@@H]1[C@@H](C)C(S[C@@H]1CNC(C(=O)N3CCC4CN(C(=N)N)CCC43)C1)[C@H]2C(=O)O. The number of carboxylic acids is 1. The van der Waals surface area contributed by atoms with Gasteiger partial charge in [-0.3, -0.25) is 19.8 Å². The zero-order valence-electron chi connectivity index (χ0n) is 24.2. The largest absolute Gasteiger partial charge is 0.480 e. The zero-order valence-corrected chi connectivity index (χ0v) is 25.0. The van der Waals surface area contributed by atoms with E-state index in [-0.39, 0.29) is 64.8 Å². The van der Waals surface area contributed by atoms with Crippen molar-refractivity contribution in [3.63, 3.8) is 0 Å². The number of thioether (sulfide) groups is 1. The lowest BCUT2D eigenvalue weighted by atomic mass is 9.78. The van der Waals surface area contributed by atoms with E-state index in [0.29, 0.717) is 38.5 Å². The van der Waals surface area contributed by atoms with Crippen molar-refractivity contribution in [2.75, 3.05) is 26.2 Å². The molecule has 0 radical (unpaired) electrons. The normalized spacial score (nSPS) is 35.7. The molecule has 10 atom stereocenters. The topological polar surface area (TPSA) is 216 Å². The number of carboxylic acid groups (broad SMARTS) is 1. The van der Waals surface area contributed by atoms with Gasteiger partial charge in [0.1, 0.15) is 18.9 Å². The third-order valence-corrected chi connectivity index (χ3v) is 11.7. The van der Waals surface area contributed by atoms with Gasteiger partial charge in [-0.25, -0.2) is 9.48 Å². The summed E-state index contributed by atoms with van der Waals surface area (Å²) in [7, 11) is 0. The molecule has 5 fully saturated rings. The van der Waals surface area contributed by atoms with Crippen molar-refractivity contribution in [2.24, 2.45) is 23.5 Å². The summed E-state index contributed by atoms with van der Waals surface area (Å²) in [6, 6.07) is -1.92. The number of nitrogens with zero attached hydrogens (tertiary/aromatic N) is 7. The summed E-state index contributed by atoms with van der Waals surface area (Å²) < 4.78 is 1.29. The molecule has 0 bridgehead atoms. The number of carbonyl (C=O) groups excluding carboxylic acids is 3. The fraction of sp³-hybridized carbons (Fsp3) is 0.769. The number of tetrazole rings is 1. The number of amides is 3. The first-order chi connectivity index (χ1) is 20.5. The third kappa shape index (κ3) is 5.30. The number of rotatable bonds is 8. The molecule has 43 heavy (non-hydrogen) atoms. The molecule has 234 valence electrons. The van der Waals surface area contributed by atoms with E-state index < -0.39 is 24.0 Å². The minimum atomic E-state index is -1.03. The third-order valence-electron chi connectivity index (χ3n) is 9.97. The summed E-state index contributed by atoms with van der Waals surface area (Å²) in [6.45, 7) is 6.33. The Bertz CT molecular complexity index is 1280. The van der Waals surface area contributed by atoms with Crippen molar-refractivity contribution in [3.05, 3.63) is 6.33 Å². The Kier molecular flexibility index (Phi) is 7.95. The average Bonchev–Trinajstić information content (AvgIpc) is 3.75. The van der Waals surface area contributed by atoms with Gasteiger partial charge in [-0.1, -0.05) is 6.92 Å². The number of likely N-dealkylation sites (tertiary alicyclic amines) is 2. The predicted octanol–water partition coefficient (Wildman–Crippen LogP) is -2.24. The summed E-state index contributed by atoms with van der Waals surface area (Å²) in [4.78, 5) is 57.2. The monoisotopic (exact) mass is 617 g/mol. The summed E-state index contributed by atoms with van der Waals surface area (Å²) in [6.07, 6.45) is 3.62. The van der Waals surface area contributed by atoms with E-state index in [2.05, 4.69) is 26.2 Å². The molecule has 1 aromatic heterocycles. The minimum absolute atomic E-state index is 0.0295. The molecule has 5 saturated heterocycles. The molecule has 1 aromatic rings. The van der Waals surface area contributed by atoms with Gasteiger partial charge in [0, 0.05) is 54.8 Å². The maximum atomic E-state index is 13.6. The Morgan fingerprint density at radius 1 is 1.30 bits per heavy atom. The molecule has 6 heterocycles. The Hall–Kier alpha value is -3.47. The van der Waals surface area contributed by atoms with Crippen LogP contribution >= 0.6 is 11.8 Å². The molecule has 5 aliphatic heterocycles. The number of piperidine rings is 1. The predicted molar refractivity (Wildman–Crippen MR) is 153 cm³/mol. The number of nitrogens with two attached hydrogens (primary N) is 1. The van der Waals surface area contributed by atoms with Crippen LogP contribution in [0.4, 0.5) is 0 Å². The van der Waals surface area contributed by atoms with Gasteiger partial charge in [-0.05, 0) is 48.4 Å². The maximum Gasteiger partial charge on any atom is 0.327 e. The molecule has 3 amide bonds. The highest BCUT2D eigenvalue weighted by Gasteiger charge is 2.65. The number of guanidine groups is 1. The van der Waals surface area contributed by atoms with Crippen LogP contribution in [-0.4, -0.2) is 137 Å². The van der Waals surface area contributed by atoms with E-state index in [1.807, 2.05) is 16.7 Å². The fourth-order valence-corrected chi connectivity index (χ4v) is 9.70. The number of hydrogen-bond acceptors (Lipinski definition) is 10. The highest BCUT2D eigenvalue weighted by Crippen LogP contribution is 2.50. The molecular formula is C26H39N11O5S. The van der Waals surface area contributed by atoms with Crippen molar-refractivity contribution in [2.45, 2.75) is 80.4 Å². The van der Waals surface area contributed by atoms with Crippen LogP contribution in [0.2, 0.25) is 0 Å². The summed E-state index contributed by atoms with van der Waals surface area (Å²) in [5.74, 6) is -1.79. The van der Waals surface area contributed by atoms with Gasteiger partial charge in [-0.2, -0.15) is 11.8 Å². The van der Waals surface area contributed by atoms with E-state index in [1.165, 1.54) is 15.9 Å². The van der Waals surface area contributed by atoms with Gasteiger partial charge < -0.3 is 36.2 Å². The number of nitrogens with one attached hydrogen (secondary N) is 3. The van der Waals surface area contributed by atoms with Gasteiger partial charge in [0.05, 0.1) is 12.0 Å². The van der Waals surface area contributed by atoms with E-state index in [0.717, 1.165) is 12.8 Å². The highest BCUT2D eigenvalue weighted by atomic mass is 32.2. The van der Waals surface area contributed by atoms with Gasteiger partial charge in [0.15, 0.2) is 5.96 Å². The molecule has 0 spiro atoms. The van der Waals surface area contributed by atoms with Crippen LogP contribution in [-0.2, 0) is 25.7 Å². The quantitative estimate of drug-likeness (QED) is 0.119. The second-order valence-electron chi connectivity index (χ2n) is 12.5. The first kappa shape index (κ1) is 29.6. The number of fused-ring (bicyclic) bond motifs is 2. The number of β-lactam (4-membered cyclic amide) rings is 1. The van der Waals surface area contributed by atoms with Crippen molar-refractivity contribution >= 4 is 41.4 Å². The Labute approximate surface area is 252 Å². The van der Waals surface area contributed by atoms with E-state index in [9.17, 15) is 24.3 Å². The van der Waals surface area contributed by atoms with Crippen molar-refractivity contribution < 1.29 is 24.3 Å².